The summed E-state index contributed by atoms with van der Waals surface area (Å²) in [6.07, 6.45) is 0.728. The molecule has 0 aromatic heterocycles. The van der Waals surface area contributed by atoms with Gasteiger partial charge in [-0.15, -0.1) is 0 Å². The molecule has 1 aromatic carbocycles. The molecule has 6 nitrogen and oxygen atoms in total. The van der Waals surface area contributed by atoms with Gasteiger partial charge in [0, 0.05) is 23.7 Å². The fourth-order valence-corrected chi connectivity index (χ4v) is 2.40. The number of carbonyl (C=O) groups is 2. The van der Waals surface area contributed by atoms with Crippen LogP contribution in [0.1, 0.15) is 34.1 Å². The van der Waals surface area contributed by atoms with Gasteiger partial charge in [-0.1, -0.05) is 20.8 Å². The van der Waals surface area contributed by atoms with Gasteiger partial charge in [0.2, 0.25) is 11.8 Å². The lowest BCUT2D eigenvalue weighted by Crippen LogP contribution is -2.44. The number of benzene rings is 1. The van der Waals surface area contributed by atoms with Crippen LogP contribution in [0.4, 0.5) is 5.69 Å². The Morgan fingerprint density at radius 3 is 2.46 bits per heavy atom. The van der Waals surface area contributed by atoms with Crippen LogP contribution in [0.15, 0.2) is 18.2 Å². The average molecular weight is 334 g/mol. The van der Waals surface area contributed by atoms with Crippen LogP contribution in [0, 0.1) is 5.41 Å². The van der Waals surface area contributed by atoms with Gasteiger partial charge in [-0.05, 0) is 25.5 Å². The molecule has 0 saturated heterocycles. The predicted octanol–water partition coefficient (Wildman–Crippen LogP) is 2.68. The van der Waals surface area contributed by atoms with E-state index in [0.29, 0.717) is 36.9 Å². The van der Waals surface area contributed by atoms with E-state index in [2.05, 4.69) is 5.32 Å². The Balaban J connectivity index is 2.00. The molecule has 0 bridgehead atoms. The Kier molecular flexibility index (Phi) is 5.70. The zero-order valence-electron chi connectivity index (χ0n) is 14.8. The Morgan fingerprint density at radius 1 is 1.17 bits per heavy atom. The summed E-state index contributed by atoms with van der Waals surface area (Å²) in [5, 5.41) is 2.81. The molecule has 1 aliphatic rings. The fraction of sp³-hybridized carbons (Fsp3) is 0.556. The van der Waals surface area contributed by atoms with Crippen LogP contribution >= 0.6 is 0 Å². The Morgan fingerprint density at radius 2 is 1.83 bits per heavy atom. The van der Waals surface area contributed by atoms with Gasteiger partial charge in [0.1, 0.15) is 13.2 Å². The standard InChI is InChI=1S/C18H26N2O4/c1-5-18(3,4)17(22)20(6-2)12-16(21)19-13-7-8-14-15(11-13)24-10-9-23-14/h7-8,11H,5-6,9-10,12H2,1-4H3,(H,19,21). The number of carbonyl (C=O) groups excluding carboxylic acids is 2. The molecule has 1 heterocycles. The second-order valence-electron chi connectivity index (χ2n) is 6.46. The van der Waals surface area contributed by atoms with Gasteiger partial charge in [0.25, 0.3) is 0 Å². The molecule has 0 atom stereocenters. The van der Waals surface area contributed by atoms with Crippen LogP contribution in [0.25, 0.3) is 0 Å². The van der Waals surface area contributed by atoms with E-state index < -0.39 is 5.41 Å². The van der Waals surface area contributed by atoms with Crippen LogP contribution < -0.4 is 14.8 Å². The summed E-state index contributed by atoms with van der Waals surface area (Å²) in [6.45, 7) is 9.20. The number of anilines is 1. The Labute approximate surface area is 143 Å². The first kappa shape index (κ1) is 18.1. The molecule has 1 aliphatic heterocycles. The third-order valence-corrected chi connectivity index (χ3v) is 4.29. The average Bonchev–Trinajstić information content (AvgIpc) is 2.58. The summed E-state index contributed by atoms with van der Waals surface area (Å²) in [7, 11) is 0. The van der Waals surface area contributed by atoms with E-state index in [0.717, 1.165) is 6.42 Å². The number of rotatable bonds is 6. The number of ether oxygens (including phenoxy) is 2. The van der Waals surface area contributed by atoms with Crippen LogP contribution in [-0.4, -0.2) is 43.0 Å². The molecule has 132 valence electrons. The highest BCUT2D eigenvalue weighted by Gasteiger charge is 2.30. The molecule has 2 amide bonds. The lowest BCUT2D eigenvalue weighted by molar-refractivity contribution is -0.142. The maximum atomic E-state index is 12.5. The van der Waals surface area contributed by atoms with E-state index in [-0.39, 0.29) is 18.4 Å². The third kappa shape index (κ3) is 4.19. The molecular formula is C18H26N2O4. The minimum Gasteiger partial charge on any atom is -0.486 e. The van der Waals surface area contributed by atoms with E-state index in [9.17, 15) is 9.59 Å². The molecule has 1 N–H and O–H groups in total. The van der Waals surface area contributed by atoms with Crippen LogP contribution in [0.2, 0.25) is 0 Å². The first-order valence-electron chi connectivity index (χ1n) is 8.36. The smallest absolute Gasteiger partial charge is 0.243 e. The monoisotopic (exact) mass is 334 g/mol. The van der Waals surface area contributed by atoms with Crippen LogP contribution in [-0.2, 0) is 9.59 Å². The highest BCUT2D eigenvalue weighted by molar-refractivity contribution is 5.95. The zero-order valence-corrected chi connectivity index (χ0v) is 14.8. The van der Waals surface area contributed by atoms with Crippen molar-refractivity contribution in [1.29, 1.82) is 0 Å². The molecule has 0 spiro atoms. The van der Waals surface area contributed by atoms with Crippen molar-refractivity contribution >= 4 is 17.5 Å². The summed E-state index contributed by atoms with van der Waals surface area (Å²) in [6, 6.07) is 5.27. The largest absolute Gasteiger partial charge is 0.486 e. The quantitative estimate of drug-likeness (QED) is 0.868. The van der Waals surface area contributed by atoms with Gasteiger partial charge >= 0.3 is 0 Å². The van der Waals surface area contributed by atoms with Crippen molar-refractivity contribution in [2.24, 2.45) is 5.41 Å². The molecule has 0 radical (unpaired) electrons. The third-order valence-electron chi connectivity index (χ3n) is 4.29. The van der Waals surface area contributed by atoms with E-state index in [1.165, 1.54) is 0 Å². The lowest BCUT2D eigenvalue weighted by Gasteiger charge is -2.30. The van der Waals surface area contributed by atoms with Crippen molar-refractivity contribution in [3.05, 3.63) is 18.2 Å². The number of fused-ring (bicyclic) bond motifs is 1. The van der Waals surface area contributed by atoms with Crippen molar-refractivity contribution < 1.29 is 19.1 Å². The maximum Gasteiger partial charge on any atom is 0.243 e. The summed E-state index contributed by atoms with van der Waals surface area (Å²) in [5.74, 6) is 1.06. The SMILES string of the molecule is CCN(CC(=O)Nc1ccc2c(c1)OCCO2)C(=O)C(C)(C)CC. The van der Waals surface area contributed by atoms with E-state index in [1.807, 2.05) is 27.7 Å². The number of hydrogen-bond donors (Lipinski definition) is 1. The first-order valence-corrected chi connectivity index (χ1v) is 8.36. The Hall–Kier alpha value is -2.24. The first-order chi connectivity index (χ1) is 11.4. The van der Waals surface area contributed by atoms with Gasteiger partial charge in [-0.25, -0.2) is 0 Å². The highest BCUT2D eigenvalue weighted by Crippen LogP contribution is 2.32. The predicted molar refractivity (Wildman–Crippen MR) is 92.4 cm³/mol. The number of nitrogens with one attached hydrogen (secondary N) is 1. The molecule has 0 saturated carbocycles. The minimum atomic E-state index is -0.465. The van der Waals surface area contributed by atoms with Crippen LogP contribution in [0.5, 0.6) is 11.5 Å². The second-order valence-corrected chi connectivity index (χ2v) is 6.46. The number of amides is 2. The topological polar surface area (TPSA) is 67.9 Å². The summed E-state index contributed by atoms with van der Waals surface area (Å²) in [5.41, 5.74) is 0.162. The van der Waals surface area contributed by atoms with Gasteiger partial charge in [-0.2, -0.15) is 0 Å². The van der Waals surface area contributed by atoms with Gasteiger partial charge < -0.3 is 19.7 Å². The van der Waals surface area contributed by atoms with Crippen molar-refractivity contribution in [2.75, 3.05) is 31.6 Å². The molecular weight excluding hydrogens is 308 g/mol. The van der Waals surface area contributed by atoms with Crippen LogP contribution in [0.3, 0.4) is 0 Å². The van der Waals surface area contributed by atoms with Crippen molar-refractivity contribution in [2.45, 2.75) is 34.1 Å². The minimum absolute atomic E-state index is 0.00942. The van der Waals surface area contributed by atoms with Gasteiger partial charge in [-0.3, -0.25) is 9.59 Å². The highest BCUT2D eigenvalue weighted by atomic mass is 16.6. The van der Waals surface area contributed by atoms with Gasteiger partial charge in [0.05, 0.1) is 6.54 Å². The lowest BCUT2D eigenvalue weighted by atomic mass is 9.88. The maximum absolute atomic E-state index is 12.5. The number of nitrogens with zero attached hydrogens (tertiary/aromatic N) is 1. The second kappa shape index (κ2) is 7.55. The van der Waals surface area contributed by atoms with Crippen molar-refractivity contribution in [1.82, 2.24) is 4.90 Å². The number of hydrogen-bond acceptors (Lipinski definition) is 4. The Bertz CT molecular complexity index is 613. The summed E-state index contributed by atoms with van der Waals surface area (Å²) in [4.78, 5) is 26.4. The normalized spacial score (nSPS) is 13.3. The zero-order chi connectivity index (χ0) is 17.7. The van der Waals surface area contributed by atoms with E-state index in [1.54, 1.807) is 23.1 Å². The van der Waals surface area contributed by atoms with Crippen molar-refractivity contribution in [3.63, 3.8) is 0 Å². The van der Waals surface area contributed by atoms with E-state index >= 15 is 0 Å². The molecule has 2 rings (SSSR count). The summed E-state index contributed by atoms with van der Waals surface area (Å²) < 4.78 is 11.0. The fourth-order valence-electron chi connectivity index (χ4n) is 2.40. The van der Waals surface area contributed by atoms with Crippen molar-refractivity contribution in [3.8, 4) is 11.5 Å². The van der Waals surface area contributed by atoms with E-state index in [4.69, 9.17) is 9.47 Å². The molecule has 24 heavy (non-hydrogen) atoms. The molecule has 0 fully saturated rings. The molecule has 0 aliphatic carbocycles. The molecule has 6 heteroatoms. The molecule has 0 unspecified atom stereocenters. The summed E-state index contributed by atoms with van der Waals surface area (Å²) >= 11 is 0. The van der Waals surface area contributed by atoms with Gasteiger partial charge in [0.15, 0.2) is 11.5 Å². The number of likely N-dealkylation sites (N-methyl/N-ethyl adjacent to an activating group) is 1. The molecule has 1 aromatic rings.